The van der Waals surface area contributed by atoms with E-state index in [1.807, 2.05) is 6.07 Å². The Bertz CT molecular complexity index is 516. The van der Waals surface area contributed by atoms with E-state index in [0.717, 1.165) is 6.26 Å². The molecule has 0 aliphatic rings. The second-order valence-electron chi connectivity index (χ2n) is 2.93. The van der Waals surface area contributed by atoms with Crippen molar-refractivity contribution >= 4 is 21.7 Å². The lowest BCUT2D eigenvalue weighted by atomic mass is 10.3. The first-order valence-corrected chi connectivity index (χ1v) is 6.17. The third-order valence-corrected chi connectivity index (χ3v) is 2.04. The van der Waals surface area contributed by atoms with Crippen LogP contribution in [-0.4, -0.2) is 20.6 Å². The summed E-state index contributed by atoms with van der Waals surface area (Å²) in [6, 6.07) is 8.80. The van der Waals surface area contributed by atoms with Gasteiger partial charge in [0.1, 0.15) is 0 Å². The number of nitrogens with one attached hydrogen (secondary N) is 2. The maximum Gasteiger partial charge on any atom is 0.232 e. The van der Waals surface area contributed by atoms with E-state index < -0.39 is 10.0 Å². The van der Waals surface area contributed by atoms with Gasteiger partial charge in [0.15, 0.2) is 0 Å². The van der Waals surface area contributed by atoms with E-state index in [1.54, 1.807) is 24.3 Å². The van der Waals surface area contributed by atoms with Crippen molar-refractivity contribution in [2.45, 2.75) is 0 Å². The van der Waals surface area contributed by atoms with Gasteiger partial charge in [-0.2, -0.15) is 5.26 Å². The van der Waals surface area contributed by atoms with E-state index in [4.69, 9.17) is 5.26 Å². The van der Waals surface area contributed by atoms with Gasteiger partial charge >= 0.3 is 0 Å². The molecule has 0 heterocycles. The zero-order chi connectivity index (χ0) is 12.0. The average Bonchev–Trinajstić information content (AvgIpc) is 2.17. The standard InChI is InChI=1S/C9H10N4O2S/c1-16(14,15)13-9(11-7-10)12-8-5-3-2-4-6-8/h2-6H,1H3,(H2,11,12,13). The average molecular weight is 238 g/mol. The minimum atomic E-state index is -3.46. The first kappa shape index (κ1) is 12.0. The molecular formula is C9H10N4O2S. The molecule has 16 heavy (non-hydrogen) atoms. The molecule has 0 amide bonds. The second kappa shape index (κ2) is 5.14. The van der Waals surface area contributed by atoms with Crippen molar-refractivity contribution in [3.63, 3.8) is 0 Å². The molecule has 0 radical (unpaired) electrons. The van der Waals surface area contributed by atoms with Crippen LogP contribution in [0.1, 0.15) is 0 Å². The molecule has 0 spiro atoms. The van der Waals surface area contributed by atoms with Gasteiger partial charge in [-0.05, 0) is 12.1 Å². The van der Waals surface area contributed by atoms with Crippen LogP contribution < -0.4 is 10.0 Å². The zero-order valence-corrected chi connectivity index (χ0v) is 9.32. The van der Waals surface area contributed by atoms with Gasteiger partial charge in [-0.25, -0.2) is 8.42 Å². The van der Waals surface area contributed by atoms with Gasteiger partial charge in [0.2, 0.25) is 22.2 Å². The monoisotopic (exact) mass is 238 g/mol. The van der Waals surface area contributed by atoms with Crippen molar-refractivity contribution in [2.75, 3.05) is 11.6 Å². The van der Waals surface area contributed by atoms with Crippen LogP contribution in [0, 0.1) is 11.5 Å². The van der Waals surface area contributed by atoms with Crippen molar-refractivity contribution in [1.82, 2.24) is 4.72 Å². The Hall–Kier alpha value is -2.07. The summed E-state index contributed by atoms with van der Waals surface area (Å²) in [5.41, 5.74) is 0.632. The van der Waals surface area contributed by atoms with Crippen LogP contribution in [0.15, 0.2) is 35.3 Å². The summed E-state index contributed by atoms with van der Waals surface area (Å²) in [4.78, 5) is 3.33. The molecule has 0 aliphatic carbocycles. The maximum atomic E-state index is 11.0. The topological polar surface area (TPSA) is 94.3 Å². The van der Waals surface area contributed by atoms with Crippen molar-refractivity contribution in [3.05, 3.63) is 30.3 Å². The number of benzene rings is 1. The molecule has 1 aromatic rings. The lowest BCUT2D eigenvalue weighted by Gasteiger charge is -2.08. The summed E-state index contributed by atoms with van der Waals surface area (Å²) in [5.74, 6) is -0.129. The Morgan fingerprint density at radius 3 is 2.50 bits per heavy atom. The molecule has 0 fully saturated rings. The van der Waals surface area contributed by atoms with Gasteiger partial charge < -0.3 is 5.32 Å². The van der Waals surface area contributed by atoms with Crippen LogP contribution in [0.2, 0.25) is 0 Å². The molecule has 0 unspecified atom stereocenters. The predicted octanol–water partition coefficient (Wildman–Crippen LogP) is 0.485. The fourth-order valence-corrected chi connectivity index (χ4v) is 1.41. The van der Waals surface area contributed by atoms with E-state index in [9.17, 15) is 8.42 Å². The minimum Gasteiger partial charge on any atom is -0.325 e. The summed E-state index contributed by atoms with van der Waals surface area (Å²) >= 11 is 0. The van der Waals surface area contributed by atoms with Gasteiger partial charge in [0, 0.05) is 5.69 Å². The number of anilines is 1. The fourth-order valence-electron chi connectivity index (χ4n) is 0.960. The van der Waals surface area contributed by atoms with Gasteiger partial charge in [-0.1, -0.05) is 18.2 Å². The summed E-state index contributed by atoms with van der Waals surface area (Å²) < 4.78 is 24.0. The van der Waals surface area contributed by atoms with Crippen LogP contribution in [0.3, 0.4) is 0 Å². The van der Waals surface area contributed by atoms with E-state index in [1.165, 1.54) is 6.19 Å². The van der Waals surface area contributed by atoms with Crippen LogP contribution in [0.4, 0.5) is 5.69 Å². The van der Waals surface area contributed by atoms with Gasteiger partial charge in [0.25, 0.3) is 0 Å². The molecule has 0 aromatic heterocycles. The van der Waals surface area contributed by atoms with E-state index in [0.29, 0.717) is 5.69 Å². The highest BCUT2D eigenvalue weighted by atomic mass is 32.2. The highest BCUT2D eigenvalue weighted by Gasteiger charge is 2.06. The molecule has 1 aromatic carbocycles. The summed E-state index contributed by atoms with van der Waals surface area (Å²) in [6.07, 6.45) is 2.49. The number of nitrogens with zero attached hydrogens (tertiary/aromatic N) is 2. The van der Waals surface area contributed by atoms with E-state index in [2.05, 4.69) is 15.0 Å². The van der Waals surface area contributed by atoms with E-state index >= 15 is 0 Å². The van der Waals surface area contributed by atoms with Crippen molar-refractivity contribution < 1.29 is 8.42 Å². The molecule has 7 heteroatoms. The number of para-hydroxylation sites is 1. The van der Waals surface area contributed by atoms with Crippen LogP contribution >= 0.6 is 0 Å². The summed E-state index contributed by atoms with van der Waals surface area (Å²) in [6.45, 7) is 0. The van der Waals surface area contributed by atoms with Crippen LogP contribution in [0.5, 0.6) is 0 Å². The number of aliphatic imine (C=N–C) groups is 1. The molecular weight excluding hydrogens is 228 g/mol. The van der Waals surface area contributed by atoms with Crippen molar-refractivity contribution in [2.24, 2.45) is 4.99 Å². The highest BCUT2D eigenvalue weighted by molar-refractivity contribution is 7.89. The Labute approximate surface area is 93.7 Å². The molecule has 84 valence electrons. The Morgan fingerprint density at radius 1 is 1.38 bits per heavy atom. The quantitative estimate of drug-likeness (QED) is 0.445. The molecule has 0 saturated heterocycles. The second-order valence-corrected chi connectivity index (χ2v) is 4.67. The molecule has 0 saturated carbocycles. The molecule has 0 bridgehead atoms. The van der Waals surface area contributed by atoms with Gasteiger partial charge in [0.05, 0.1) is 6.26 Å². The molecule has 1 rings (SSSR count). The third kappa shape index (κ3) is 4.43. The third-order valence-electron chi connectivity index (χ3n) is 1.48. The molecule has 6 nitrogen and oxygen atoms in total. The fraction of sp³-hybridized carbons (Fsp3) is 0.111. The largest absolute Gasteiger partial charge is 0.325 e. The van der Waals surface area contributed by atoms with Crippen LogP contribution in [0.25, 0.3) is 0 Å². The number of hydrogen-bond acceptors (Lipinski definition) is 4. The number of hydrogen-bond donors (Lipinski definition) is 2. The predicted molar refractivity (Wildman–Crippen MR) is 61.1 cm³/mol. The van der Waals surface area contributed by atoms with Gasteiger partial charge in [-0.15, -0.1) is 4.99 Å². The highest BCUT2D eigenvalue weighted by Crippen LogP contribution is 2.04. The Kier molecular flexibility index (Phi) is 3.85. The zero-order valence-electron chi connectivity index (χ0n) is 8.51. The maximum absolute atomic E-state index is 11.0. The Balaban J connectivity index is 2.83. The first-order valence-electron chi connectivity index (χ1n) is 4.28. The first-order chi connectivity index (χ1) is 7.51. The SMILES string of the molecule is CS(=O)(=O)NC(=NC#N)Nc1ccccc1. The van der Waals surface area contributed by atoms with E-state index in [-0.39, 0.29) is 5.96 Å². The molecule has 0 aliphatic heterocycles. The Morgan fingerprint density at radius 2 is 2.00 bits per heavy atom. The number of rotatable bonds is 2. The number of nitriles is 1. The van der Waals surface area contributed by atoms with Crippen molar-refractivity contribution in [1.29, 1.82) is 5.26 Å². The van der Waals surface area contributed by atoms with Crippen LogP contribution in [-0.2, 0) is 10.0 Å². The summed E-state index contributed by atoms with van der Waals surface area (Å²) in [7, 11) is -3.46. The normalized spacial score (nSPS) is 11.6. The lowest BCUT2D eigenvalue weighted by molar-refractivity contribution is 0.598. The summed E-state index contributed by atoms with van der Waals surface area (Å²) in [5, 5.41) is 11.1. The minimum absolute atomic E-state index is 0.129. The van der Waals surface area contributed by atoms with Crippen molar-refractivity contribution in [3.8, 4) is 6.19 Å². The molecule has 0 atom stereocenters. The lowest BCUT2D eigenvalue weighted by Crippen LogP contribution is -2.34. The molecule has 2 N–H and O–H groups in total. The number of guanidine groups is 1. The smallest absolute Gasteiger partial charge is 0.232 e. The number of sulfonamides is 1. The van der Waals surface area contributed by atoms with Gasteiger partial charge in [-0.3, -0.25) is 4.72 Å².